The van der Waals surface area contributed by atoms with E-state index in [-0.39, 0.29) is 17.1 Å². The Morgan fingerprint density at radius 1 is 0.893 bits per heavy atom. The topological polar surface area (TPSA) is 75.3 Å². The summed E-state index contributed by atoms with van der Waals surface area (Å²) in [5.41, 5.74) is 2.96. The molecule has 1 aromatic heterocycles. The third-order valence-corrected chi connectivity index (χ3v) is 4.52. The number of benzene rings is 3. The van der Waals surface area contributed by atoms with Crippen molar-refractivity contribution < 1.29 is 10.2 Å². The van der Waals surface area contributed by atoms with Crippen LogP contribution in [0.2, 0.25) is 0 Å². The molecule has 5 nitrogen and oxygen atoms in total. The van der Waals surface area contributed by atoms with Gasteiger partial charge in [0, 0.05) is 0 Å². The third-order valence-electron chi connectivity index (χ3n) is 4.52. The number of aromatic hydroxyl groups is 2. The first-order valence-electron chi connectivity index (χ1n) is 8.82. The lowest BCUT2D eigenvalue weighted by molar-refractivity contribution is 0.403. The standard InChI is InChI=1S/C23H18N2O3/c1-15-6-10-17(11-7-15)25-22(13-9-16-8-12-20(26)21(27)14-16)24-19-5-3-2-4-18(19)23(25)28/h2-14,26-27H,1H3/b13-9+. The van der Waals surface area contributed by atoms with Gasteiger partial charge in [-0.1, -0.05) is 42.0 Å². The molecule has 0 aliphatic carbocycles. The van der Waals surface area contributed by atoms with Gasteiger partial charge in [-0.25, -0.2) is 4.98 Å². The molecule has 1 heterocycles. The normalized spacial score (nSPS) is 11.3. The molecule has 4 rings (SSSR count). The second-order valence-electron chi connectivity index (χ2n) is 6.54. The highest BCUT2D eigenvalue weighted by Gasteiger charge is 2.11. The van der Waals surface area contributed by atoms with Crippen LogP contribution in [0.5, 0.6) is 11.5 Å². The highest BCUT2D eigenvalue weighted by atomic mass is 16.3. The van der Waals surface area contributed by atoms with Crippen LogP contribution >= 0.6 is 0 Å². The summed E-state index contributed by atoms with van der Waals surface area (Å²) in [6.45, 7) is 1.99. The molecule has 138 valence electrons. The maximum Gasteiger partial charge on any atom is 0.266 e. The molecule has 0 aliphatic heterocycles. The van der Waals surface area contributed by atoms with Crippen LogP contribution in [0, 0.1) is 6.92 Å². The van der Waals surface area contributed by atoms with Crippen molar-refractivity contribution >= 4 is 23.1 Å². The summed E-state index contributed by atoms with van der Waals surface area (Å²) in [6, 6.07) is 19.4. The van der Waals surface area contributed by atoms with Crippen molar-refractivity contribution in [3.05, 3.63) is 94.0 Å². The Morgan fingerprint density at radius 3 is 2.39 bits per heavy atom. The number of rotatable bonds is 3. The van der Waals surface area contributed by atoms with Crippen LogP contribution in [-0.4, -0.2) is 19.8 Å². The monoisotopic (exact) mass is 370 g/mol. The molecule has 0 aliphatic rings. The van der Waals surface area contributed by atoms with E-state index in [1.165, 1.54) is 12.1 Å². The first-order valence-corrected chi connectivity index (χ1v) is 8.82. The van der Waals surface area contributed by atoms with Crippen LogP contribution in [-0.2, 0) is 0 Å². The van der Waals surface area contributed by atoms with Gasteiger partial charge in [0.1, 0.15) is 5.82 Å². The smallest absolute Gasteiger partial charge is 0.266 e. The van der Waals surface area contributed by atoms with Crippen molar-refractivity contribution in [3.63, 3.8) is 0 Å². The molecular formula is C23H18N2O3. The van der Waals surface area contributed by atoms with Crippen molar-refractivity contribution in [3.8, 4) is 17.2 Å². The number of para-hydroxylation sites is 1. The fraction of sp³-hybridized carbons (Fsp3) is 0.0435. The van der Waals surface area contributed by atoms with E-state index in [4.69, 9.17) is 0 Å². The van der Waals surface area contributed by atoms with E-state index in [9.17, 15) is 15.0 Å². The van der Waals surface area contributed by atoms with Gasteiger partial charge in [-0.05, 0) is 55.0 Å². The Labute approximate surface area is 161 Å². The van der Waals surface area contributed by atoms with Crippen molar-refractivity contribution in [2.75, 3.05) is 0 Å². The second kappa shape index (κ2) is 7.04. The zero-order valence-electron chi connectivity index (χ0n) is 15.2. The van der Waals surface area contributed by atoms with Gasteiger partial charge in [0.15, 0.2) is 11.5 Å². The lowest BCUT2D eigenvalue weighted by Gasteiger charge is -2.11. The zero-order chi connectivity index (χ0) is 19.7. The minimum atomic E-state index is -0.204. The summed E-state index contributed by atoms with van der Waals surface area (Å²) < 4.78 is 1.57. The number of aromatic nitrogens is 2. The summed E-state index contributed by atoms with van der Waals surface area (Å²) in [6.07, 6.45) is 3.46. The minimum absolute atomic E-state index is 0.150. The number of fused-ring (bicyclic) bond motifs is 1. The molecule has 3 aromatic carbocycles. The minimum Gasteiger partial charge on any atom is -0.504 e. The molecular weight excluding hydrogens is 352 g/mol. The van der Waals surface area contributed by atoms with Crippen LogP contribution in [0.3, 0.4) is 0 Å². The number of hydrogen-bond acceptors (Lipinski definition) is 4. The molecule has 5 heteroatoms. The maximum atomic E-state index is 13.2. The van der Waals surface area contributed by atoms with E-state index in [0.717, 1.165) is 11.3 Å². The van der Waals surface area contributed by atoms with E-state index in [0.29, 0.717) is 22.3 Å². The van der Waals surface area contributed by atoms with Crippen LogP contribution in [0.25, 0.3) is 28.7 Å². The zero-order valence-corrected chi connectivity index (χ0v) is 15.2. The molecule has 0 saturated carbocycles. The van der Waals surface area contributed by atoms with Crippen LogP contribution in [0.15, 0.2) is 71.5 Å². The van der Waals surface area contributed by atoms with Gasteiger partial charge in [-0.3, -0.25) is 9.36 Å². The van der Waals surface area contributed by atoms with Crippen LogP contribution in [0.4, 0.5) is 0 Å². The number of aryl methyl sites for hydroxylation is 1. The largest absolute Gasteiger partial charge is 0.504 e. The summed E-state index contributed by atoms with van der Waals surface area (Å²) in [4.78, 5) is 17.8. The molecule has 28 heavy (non-hydrogen) atoms. The molecule has 0 amide bonds. The van der Waals surface area contributed by atoms with Gasteiger partial charge < -0.3 is 10.2 Å². The lowest BCUT2D eigenvalue weighted by atomic mass is 10.1. The van der Waals surface area contributed by atoms with Crippen LogP contribution < -0.4 is 5.56 Å². The third kappa shape index (κ3) is 3.25. The number of hydrogen-bond donors (Lipinski definition) is 2. The Kier molecular flexibility index (Phi) is 4.41. The second-order valence-corrected chi connectivity index (χ2v) is 6.54. The summed E-state index contributed by atoms with van der Waals surface area (Å²) >= 11 is 0. The molecule has 0 saturated heterocycles. The van der Waals surface area contributed by atoms with E-state index < -0.39 is 0 Å². The molecule has 0 unspecified atom stereocenters. The van der Waals surface area contributed by atoms with Crippen molar-refractivity contribution in [1.29, 1.82) is 0 Å². The summed E-state index contributed by atoms with van der Waals surface area (Å²) in [5.74, 6) is 0.0854. The van der Waals surface area contributed by atoms with E-state index in [1.807, 2.05) is 43.3 Å². The Bertz CT molecular complexity index is 1260. The van der Waals surface area contributed by atoms with Gasteiger partial charge in [0.2, 0.25) is 0 Å². The van der Waals surface area contributed by atoms with Crippen LogP contribution in [0.1, 0.15) is 17.0 Å². The quantitative estimate of drug-likeness (QED) is 0.528. The molecule has 0 radical (unpaired) electrons. The van der Waals surface area contributed by atoms with Gasteiger partial charge in [-0.15, -0.1) is 0 Å². The van der Waals surface area contributed by atoms with Gasteiger partial charge in [0.05, 0.1) is 16.6 Å². The number of phenols is 2. The predicted molar refractivity (Wildman–Crippen MR) is 111 cm³/mol. The number of nitrogens with zero attached hydrogens (tertiary/aromatic N) is 2. The van der Waals surface area contributed by atoms with Gasteiger partial charge in [0.25, 0.3) is 5.56 Å². The molecule has 4 aromatic rings. The van der Waals surface area contributed by atoms with Crippen molar-refractivity contribution in [2.24, 2.45) is 0 Å². The SMILES string of the molecule is Cc1ccc(-n2c(/C=C/c3ccc(O)c(O)c3)nc3ccccc3c2=O)cc1. The number of phenolic OH excluding ortho intramolecular Hbond substituents is 2. The lowest BCUT2D eigenvalue weighted by Crippen LogP contribution is -2.22. The summed E-state index contributed by atoms with van der Waals surface area (Å²) in [5, 5.41) is 19.7. The summed E-state index contributed by atoms with van der Waals surface area (Å²) in [7, 11) is 0. The first kappa shape index (κ1) is 17.5. The molecule has 0 bridgehead atoms. The van der Waals surface area contributed by atoms with Gasteiger partial charge in [-0.2, -0.15) is 0 Å². The Morgan fingerprint density at radius 2 is 1.64 bits per heavy atom. The fourth-order valence-corrected chi connectivity index (χ4v) is 3.02. The maximum absolute atomic E-state index is 13.2. The van der Waals surface area contributed by atoms with E-state index in [2.05, 4.69) is 4.98 Å². The van der Waals surface area contributed by atoms with Gasteiger partial charge >= 0.3 is 0 Å². The highest BCUT2D eigenvalue weighted by Crippen LogP contribution is 2.26. The predicted octanol–water partition coefficient (Wildman–Crippen LogP) is 4.28. The molecule has 2 N–H and O–H groups in total. The molecule has 0 spiro atoms. The molecule has 0 atom stereocenters. The van der Waals surface area contributed by atoms with Crippen molar-refractivity contribution in [1.82, 2.24) is 9.55 Å². The average Bonchev–Trinajstić information content (AvgIpc) is 2.70. The molecule has 0 fully saturated rings. The highest BCUT2D eigenvalue weighted by molar-refractivity contribution is 5.80. The van der Waals surface area contributed by atoms with E-state index >= 15 is 0 Å². The average molecular weight is 370 g/mol. The Hall–Kier alpha value is -3.86. The fourth-order valence-electron chi connectivity index (χ4n) is 3.02. The first-order chi connectivity index (χ1) is 13.5. The van der Waals surface area contributed by atoms with Crippen molar-refractivity contribution in [2.45, 2.75) is 6.92 Å². The Balaban J connectivity index is 1.91. The van der Waals surface area contributed by atoms with E-state index in [1.54, 1.807) is 34.9 Å².